The first-order chi connectivity index (χ1) is 12.1. The van der Waals surface area contributed by atoms with Crippen LogP contribution in [-0.2, 0) is 4.79 Å². The van der Waals surface area contributed by atoms with Crippen molar-refractivity contribution in [2.24, 2.45) is 0 Å². The number of carbonyl (C=O) groups excluding carboxylic acids is 1. The molecule has 2 N–H and O–H groups in total. The Morgan fingerprint density at radius 3 is 3.00 bits per heavy atom. The topological polar surface area (TPSA) is 94.5 Å². The van der Waals surface area contributed by atoms with Crippen LogP contribution in [0.2, 0.25) is 0 Å². The Hall–Kier alpha value is -2.70. The number of thioether (sulfide) groups is 1. The van der Waals surface area contributed by atoms with E-state index in [-0.39, 0.29) is 5.91 Å². The molecule has 0 aliphatic heterocycles. The summed E-state index contributed by atoms with van der Waals surface area (Å²) in [5.41, 5.74) is 0.742. The molecule has 1 atom stereocenters. The van der Waals surface area contributed by atoms with Gasteiger partial charge in [-0.05, 0) is 30.5 Å². The number of hydrogen-bond donors (Lipinski definition) is 2. The maximum absolute atomic E-state index is 13.8. The lowest BCUT2D eigenvalue weighted by Crippen LogP contribution is -2.22. The van der Waals surface area contributed by atoms with Gasteiger partial charge in [-0.25, -0.2) is 9.37 Å². The van der Waals surface area contributed by atoms with Crippen molar-refractivity contribution in [3.05, 3.63) is 47.1 Å². The molecule has 0 bridgehead atoms. The smallest absolute Gasteiger partial charge is 0.238 e. The average molecular weight is 373 g/mol. The number of carbonyl (C=O) groups is 1. The maximum Gasteiger partial charge on any atom is 0.238 e. The van der Waals surface area contributed by atoms with Crippen molar-refractivity contribution < 1.29 is 9.18 Å². The first-order valence-electron chi connectivity index (χ1n) is 7.21. The summed E-state index contributed by atoms with van der Waals surface area (Å²) in [6.45, 7) is 1.71. The molecule has 0 aliphatic carbocycles. The van der Waals surface area contributed by atoms with Crippen molar-refractivity contribution in [2.45, 2.75) is 17.3 Å². The highest BCUT2D eigenvalue weighted by Crippen LogP contribution is 2.27. The molecule has 2 aromatic heterocycles. The third-order valence-corrected chi connectivity index (χ3v) is 5.06. The van der Waals surface area contributed by atoms with E-state index in [1.165, 1.54) is 17.4 Å². The minimum absolute atomic E-state index is 0.263. The highest BCUT2D eigenvalue weighted by atomic mass is 32.2. The van der Waals surface area contributed by atoms with Gasteiger partial charge in [0.25, 0.3) is 0 Å². The number of nitrogens with zero attached hydrogens (tertiary/aromatic N) is 3. The lowest BCUT2D eigenvalue weighted by molar-refractivity contribution is -0.115. The van der Waals surface area contributed by atoms with Crippen LogP contribution < -0.4 is 5.32 Å². The van der Waals surface area contributed by atoms with E-state index in [0.29, 0.717) is 27.1 Å². The van der Waals surface area contributed by atoms with Crippen LogP contribution in [0.3, 0.4) is 0 Å². The fourth-order valence-corrected chi connectivity index (χ4v) is 3.46. The predicted molar refractivity (Wildman–Crippen MR) is 94.8 cm³/mol. The highest BCUT2D eigenvalue weighted by Gasteiger charge is 2.19. The number of rotatable bonds is 5. The minimum Gasteiger partial charge on any atom is -0.316 e. The molecule has 1 aromatic carbocycles. The summed E-state index contributed by atoms with van der Waals surface area (Å²) in [5.74, 6) is -0.359. The van der Waals surface area contributed by atoms with Crippen molar-refractivity contribution in [2.75, 3.05) is 5.32 Å². The Morgan fingerprint density at radius 1 is 1.44 bits per heavy atom. The summed E-state index contributed by atoms with van der Waals surface area (Å²) >= 11 is 2.43. The molecule has 0 radical (unpaired) electrons. The van der Waals surface area contributed by atoms with Crippen LogP contribution in [0.5, 0.6) is 0 Å². The van der Waals surface area contributed by atoms with Gasteiger partial charge in [0.2, 0.25) is 11.1 Å². The second kappa shape index (κ2) is 7.46. The van der Waals surface area contributed by atoms with Gasteiger partial charge in [-0.1, -0.05) is 23.9 Å². The lowest BCUT2D eigenvalue weighted by atomic mass is 10.2. The van der Waals surface area contributed by atoms with E-state index in [4.69, 9.17) is 5.26 Å². The molecule has 0 aliphatic rings. The molecule has 6 nitrogen and oxygen atoms in total. The molecule has 0 unspecified atom stereocenters. The van der Waals surface area contributed by atoms with Gasteiger partial charge in [0.15, 0.2) is 5.82 Å². The Morgan fingerprint density at radius 2 is 2.24 bits per heavy atom. The van der Waals surface area contributed by atoms with Crippen LogP contribution in [0.15, 0.2) is 40.9 Å². The molecule has 0 fully saturated rings. The molecular weight excluding hydrogens is 361 g/mol. The van der Waals surface area contributed by atoms with Crippen LogP contribution in [0, 0.1) is 17.1 Å². The van der Waals surface area contributed by atoms with Gasteiger partial charge >= 0.3 is 0 Å². The molecule has 1 amide bonds. The van der Waals surface area contributed by atoms with Crippen molar-refractivity contribution in [3.8, 4) is 17.5 Å². The zero-order valence-electron chi connectivity index (χ0n) is 13.0. The summed E-state index contributed by atoms with van der Waals surface area (Å²) in [4.78, 5) is 16.5. The largest absolute Gasteiger partial charge is 0.316 e. The fraction of sp³-hybridized carbons (Fsp3) is 0.125. The molecule has 3 rings (SSSR count). The molecule has 126 valence electrons. The number of nitrogens with one attached hydrogen (secondary N) is 2. The number of hydrogen-bond acceptors (Lipinski definition) is 6. The monoisotopic (exact) mass is 373 g/mol. The first-order valence-corrected chi connectivity index (χ1v) is 8.97. The third kappa shape index (κ3) is 3.87. The summed E-state index contributed by atoms with van der Waals surface area (Å²) in [6.07, 6.45) is 0. The fourth-order valence-electron chi connectivity index (χ4n) is 1.99. The number of H-pyrrole nitrogens is 1. The molecule has 2 heterocycles. The summed E-state index contributed by atoms with van der Waals surface area (Å²) in [6, 6.07) is 9.91. The quantitative estimate of drug-likeness (QED) is 0.666. The van der Waals surface area contributed by atoms with Crippen molar-refractivity contribution in [3.63, 3.8) is 0 Å². The molecule has 0 saturated heterocycles. The number of aromatic amines is 1. The van der Waals surface area contributed by atoms with E-state index in [2.05, 4.69) is 20.5 Å². The van der Waals surface area contributed by atoms with Crippen LogP contribution in [0.1, 0.15) is 12.5 Å². The zero-order valence-corrected chi connectivity index (χ0v) is 14.6. The maximum atomic E-state index is 13.8. The van der Waals surface area contributed by atoms with Gasteiger partial charge in [0.05, 0.1) is 16.4 Å². The number of amides is 1. The summed E-state index contributed by atoms with van der Waals surface area (Å²) in [5, 5.41) is 20.5. The third-order valence-electron chi connectivity index (χ3n) is 3.27. The zero-order chi connectivity index (χ0) is 17.8. The molecule has 9 heteroatoms. The van der Waals surface area contributed by atoms with E-state index < -0.39 is 11.1 Å². The van der Waals surface area contributed by atoms with Crippen molar-refractivity contribution in [1.29, 1.82) is 5.26 Å². The van der Waals surface area contributed by atoms with E-state index in [0.717, 1.165) is 11.8 Å². The second-order valence-corrected chi connectivity index (χ2v) is 7.20. The molecule has 0 spiro atoms. The molecular formula is C16H12FN5OS2. The van der Waals surface area contributed by atoms with Crippen LogP contribution in [-0.4, -0.2) is 26.3 Å². The van der Waals surface area contributed by atoms with Crippen LogP contribution in [0.25, 0.3) is 11.4 Å². The Bertz CT molecular complexity index is 946. The minimum atomic E-state index is -0.488. The van der Waals surface area contributed by atoms with Gasteiger partial charge in [-0.2, -0.15) is 5.26 Å². The van der Waals surface area contributed by atoms with Crippen molar-refractivity contribution in [1.82, 2.24) is 15.2 Å². The first kappa shape index (κ1) is 17.1. The number of halogens is 1. The number of thiophene rings is 1. The van der Waals surface area contributed by atoms with Gasteiger partial charge in [-0.3, -0.25) is 9.89 Å². The SMILES string of the molecule is C[C@H](Sc1n[nH]c(-c2ccccc2F)n1)C(=O)Nc1sccc1C#N. The number of nitriles is 1. The van der Waals surface area contributed by atoms with Gasteiger partial charge in [0.1, 0.15) is 16.9 Å². The molecule has 0 saturated carbocycles. The van der Waals surface area contributed by atoms with Crippen LogP contribution >= 0.6 is 23.1 Å². The van der Waals surface area contributed by atoms with E-state index in [9.17, 15) is 9.18 Å². The summed E-state index contributed by atoms with van der Waals surface area (Å²) in [7, 11) is 0. The standard InChI is InChI=1S/C16H12FN5OS2/c1-9(14(23)20-15-10(8-18)6-7-24-15)25-16-19-13(21-22-16)11-4-2-3-5-12(11)17/h2-7,9H,1H3,(H,20,23)(H,19,21,22)/t9-/m0/s1. The normalized spacial score (nSPS) is 11.7. The van der Waals surface area contributed by atoms with E-state index in [1.807, 2.05) is 6.07 Å². The van der Waals surface area contributed by atoms with Crippen molar-refractivity contribution >= 4 is 34.0 Å². The van der Waals surface area contributed by atoms with Crippen LogP contribution in [0.4, 0.5) is 9.39 Å². The van der Waals surface area contributed by atoms with E-state index >= 15 is 0 Å². The van der Waals surface area contributed by atoms with Gasteiger partial charge in [-0.15, -0.1) is 16.4 Å². The Labute approximate surface area is 151 Å². The second-order valence-electron chi connectivity index (χ2n) is 4.97. The Balaban J connectivity index is 1.67. The van der Waals surface area contributed by atoms with E-state index in [1.54, 1.807) is 36.6 Å². The predicted octanol–water partition coefficient (Wildman–Crippen LogP) is 3.66. The van der Waals surface area contributed by atoms with Gasteiger partial charge < -0.3 is 5.32 Å². The molecule has 25 heavy (non-hydrogen) atoms. The highest BCUT2D eigenvalue weighted by molar-refractivity contribution is 8.00. The van der Waals surface area contributed by atoms with Gasteiger partial charge in [0, 0.05) is 0 Å². The molecule has 3 aromatic rings. The lowest BCUT2D eigenvalue weighted by Gasteiger charge is -2.08. The number of benzene rings is 1. The average Bonchev–Trinajstić information content (AvgIpc) is 3.24. The Kier molecular flexibility index (Phi) is 5.11. The number of anilines is 1. The number of aromatic nitrogens is 3. The summed E-state index contributed by atoms with van der Waals surface area (Å²) < 4.78 is 13.8.